The van der Waals surface area contributed by atoms with Gasteiger partial charge in [-0.2, -0.15) is 0 Å². The number of aliphatic imine (C=N–C) groups is 1. The Morgan fingerprint density at radius 3 is 2.83 bits per heavy atom. The van der Waals surface area contributed by atoms with Crippen LogP contribution < -0.4 is 0 Å². The molecule has 2 heterocycles. The normalized spacial score (nSPS) is 21.7. The number of hydrogen-bond donors (Lipinski definition) is 1. The number of aromatic nitrogens is 1. The molecule has 0 spiro atoms. The zero-order chi connectivity index (χ0) is 13.0. The third kappa shape index (κ3) is 2.74. The van der Waals surface area contributed by atoms with Crippen LogP contribution in [0.2, 0.25) is 5.02 Å². The maximum atomic E-state index is 9.17. The summed E-state index contributed by atoms with van der Waals surface area (Å²) in [6, 6.07) is 1.87. The first kappa shape index (κ1) is 13.5. The molecule has 18 heavy (non-hydrogen) atoms. The molecule has 5 heteroatoms. The van der Waals surface area contributed by atoms with Crippen LogP contribution in [0, 0.1) is 0 Å². The lowest BCUT2D eigenvalue weighted by Gasteiger charge is -2.24. The molecule has 96 valence electrons. The van der Waals surface area contributed by atoms with Crippen molar-refractivity contribution in [3.63, 3.8) is 0 Å². The minimum Gasteiger partial charge on any atom is -0.396 e. The molecule has 0 radical (unpaired) electrons. The van der Waals surface area contributed by atoms with Crippen molar-refractivity contribution in [1.29, 1.82) is 0 Å². The fourth-order valence-electron chi connectivity index (χ4n) is 2.08. The van der Waals surface area contributed by atoms with Crippen molar-refractivity contribution in [2.24, 2.45) is 4.99 Å². The highest BCUT2D eigenvalue weighted by molar-refractivity contribution is 6.32. The Kier molecular flexibility index (Phi) is 4.38. The van der Waals surface area contributed by atoms with Crippen LogP contribution in [0.25, 0.3) is 0 Å². The van der Waals surface area contributed by atoms with Crippen LogP contribution in [0.4, 0.5) is 0 Å². The van der Waals surface area contributed by atoms with E-state index >= 15 is 0 Å². The molecule has 1 aliphatic rings. The first-order valence-corrected chi connectivity index (χ1v) is 6.64. The Morgan fingerprint density at radius 2 is 2.22 bits per heavy atom. The zero-order valence-corrected chi connectivity index (χ0v) is 11.3. The van der Waals surface area contributed by atoms with E-state index in [4.69, 9.17) is 28.3 Å². The summed E-state index contributed by atoms with van der Waals surface area (Å²) in [5.41, 5.74) is 1.25. The van der Waals surface area contributed by atoms with Crippen LogP contribution in [-0.2, 0) is 12.3 Å². The quantitative estimate of drug-likeness (QED) is 0.845. The molecule has 3 nitrogen and oxygen atoms in total. The van der Waals surface area contributed by atoms with E-state index in [0.717, 1.165) is 5.56 Å². The molecular formula is C13H14Cl2N2O. The molecule has 1 atom stereocenters. The minimum absolute atomic E-state index is 0.0900. The van der Waals surface area contributed by atoms with Gasteiger partial charge < -0.3 is 5.11 Å². The zero-order valence-electron chi connectivity index (χ0n) is 9.81. The van der Waals surface area contributed by atoms with Gasteiger partial charge in [-0.05, 0) is 24.1 Å². The number of pyridine rings is 1. The summed E-state index contributed by atoms with van der Waals surface area (Å²) < 4.78 is 0. The van der Waals surface area contributed by atoms with E-state index in [1.54, 1.807) is 12.4 Å². The second kappa shape index (κ2) is 5.83. The molecule has 0 saturated heterocycles. The highest BCUT2D eigenvalue weighted by atomic mass is 35.5. The first-order valence-electron chi connectivity index (χ1n) is 5.73. The van der Waals surface area contributed by atoms with Crippen molar-refractivity contribution in [2.75, 3.05) is 6.61 Å². The van der Waals surface area contributed by atoms with E-state index in [9.17, 15) is 0 Å². The van der Waals surface area contributed by atoms with Crippen LogP contribution in [0.15, 0.2) is 29.4 Å². The van der Waals surface area contributed by atoms with Gasteiger partial charge in [-0.15, -0.1) is 11.6 Å². The SMILES string of the molecule is OCCC1(Cc2ccnc(CCl)c2Cl)C=CC=N1. The van der Waals surface area contributed by atoms with Crippen molar-refractivity contribution in [1.82, 2.24) is 4.98 Å². The molecule has 2 rings (SSSR count). The topological polar surface area (TPSA) is 45.5 Å². The van der Waals surface area contributed by atoms with E-state index < -0.39 is 0 Å². The average Bonchev–Trinajstić information content (AvgIpc) is 2.81. The Labute approximate surface area is 116 Å². The van der Waals surface area contributed by atoms with Gasteiger partial charge in [-0.3, -0.25) is 9.98 Å². The smallest absolute Gasteiger partial charge is 0.0853 e. The fraction of sp³-hybridized carbons (Fsp3) is 0.385. The standard InChI is InChI=1S/C13H14Cl2N2O/c14-9-11-12(15)10(2-6-16-11)8-13(4-7-18)3-1-5-17-13/h1-3,5-6,18H,4,7-9H2. The van der Waals surface area contributed by atoms with E-state index in [1.807, 2.05) is 18.2 Å². The number of halogens is 2. The predicted octanol–water partition coefficient (Wildman–Crippen LogP) is 2.78. The number of aliphatic hydroxyl groups excluding tert-OH is 1. The molecule has 1 aromatic heterocycles. The fourth-order valence-corrected chi connectivity index (χ4v) is 2.60. The lowest BCUT2D eigenvalue weighted by atomic mass is 9.89. The molecule has 0 aliphatic carbocycles. The summed E-state index contributed by atoms with van der Waals surface area (Å²) in [6.07, 6.45) is 8.58. The molecule has 0 fully saturated rings. The molecule has 1 unspecified atom stereocenters. The van der Waals surface area contributed by atoms with E-state index in [-0.39, 0.29) is 12.1 Å². The van der Waals surface area contributed by atoms with Crippen molar-refractivity contribution in [3.05, 3.63) is 40.7 Å². The number of rotatable bonds is 5. The van der Waals surface area contributed by atoms with Gasteiger partial charge in [0.05, 0.1) is 22.1 Å². The Morgan fingerprint density at radius 1 is 1.39 bits per heavy atom. The highest BCUT2D eigenvalue weighted by Gasteiger charge is 2.28. The third-order valence-corrected chi connectivity index (χ3v) is 3.75. The molecule has 0 bridgehead atoms. The van der Waals surface area contributed by atoms with Gasteiger partial charge in [0.25, 0.3) is 0 Å². The molecule has 0 aromatic carbocycles. The maximum Gasteiger partial charge on any atom is 0.0853 e. The lowest BCUT2D eigenvalue weighted by molar-refractivity contribution is 0.258. The van der Waals surface area contributed by atoms with Crippen LogP contribution >= 0.6 is 23.2 Å². The van der Waals surface area contributed by atoms with Crippen molar-refractivity contribution in [2.45, 2.75) is 24.3 Å². The largest absolute Gasteiger partial charge is 0.396 e. The minimum atomic E-state index is -0.386. The van der Waals surface area contributed by atoms with Gasteiger partial charge in [0.15, 0.2) is 0 Å². The van der Waals surface area contributed by atoms with Gasteiger partial charge >= 0.3 is 0 Å². The van der Waals surface area contributed by atoms with Gasteiger partial charge in [-0.1, -0.05) is 17.7 Å². The second-order valence-electron chi connectivity index (χ2n) is 4.26. The molecule has 0 saturated carbocycles. The third-order valence-electron chi connectivity index (χ3n) is 3.03. The molecule has 1 N–H and O–H groups in total. The summed E-state index contributed by atoms with van der Waals surface area (Å²) in [6.45, 7) is 0.0900. The van der Waals surface area contributed by atoms with Crippen LogP contribution in [0.5, 0.6) is 0 Å². The van der Waals surface area contributed by atoms with Crippen LogP contribution in [0.3, 0.4) is 0 Å². The van der Waals surface area contributed by atoms with E-state index in [1.165, 1.54) is 0 Å². The summed E-state index contributed by atoms with van der Waals surface area (Å²) in [4.78, 5) is 8.57. The first-order chi connectivity index (χ1) is 8.71. The van der Waals surface area contributed by atoms with Gasteiger partial charge in [0.2, 0.25) is 0 Å². The summed E-state index contributed by atoms with van der Waals surface area (Å²) in [5.74, 6) is 0.290. The Bertz CT molecular complexity index is 474. The summed E-state index contributed by atoms with van der Waals surface area (Å²) in [7, 11) is 0. The summed E-state index contributed by atoms with van der Waals surface area (Å²) in [5, 5.41) is 9.76. The Balaban J connectivity index is 2.28. The predicted molar refractivity (Wildman–Crippen MR) is 74.6 cm³/mol. The van der Waals surface area contributed by atoms with Crippen LogP contribution in [-0.4, -0.2) is 28.5 Å². The van der Waals surface area contributed by atoms with Gasteiger partial charge in [0.1, 0.15) is 0 Å². The maximum absolute atomic E-state index is 9.17. The van der Waals surface area contributed by atoms with Crippen LogP contribution in [0.1, 0.15) is 17.7 Å². The number of nitrogens with zero attached hydrogens (tertiary/aromatic N) is 2. The number of alkyl halides is 1. The molecule has 1 aromatic rings. The monoisotopic (exact) mass is 284 g/mol. The number of hydrogen-bond acceptors (Lipinski definition) is 3. The molecule has 0 amide bonds. The van der Waals surface area contributed by atoms with E-state index in [0.29, 0.717) is 29.4 Å². The summed E-state index contributed by atoms with van der Waals surface area (Å²) >= 11 is 12.1. The second-order valence-corrected chi connectivity index (χ2v) is 4.90. The van der Waals surface area contributed by atoms with Crippen molar-refractivity contribution < 1.29 is 5.11 Å². The number of aliphatic hydroxyl groups is 1. The molecular weight excluding hydrogens is 271 g/mol. The van der Waals surface area contributed by atoms with Crippen molar-refractivity contribution >= 4 is 29.4 Å². The van der Waals surface area contributed by atoms with E-state index in [2.05, 4.69) is 9.98 Å². The Hall–Kier alpha value is -0.900. The van der Waals surface area contributed by atoms with Crippen molar-refractivity contribution in [3.8, 4) is 0 Å². The average molecular weight is 285 g/mol. The lowest BCUT2D eigenvalue weighted by Crippen LogP contribution is -2.27. The number of allylic oxidation sites excluding steroid dienone is 1. The van der Waals surface area contributed by atoms with Gasteiger partial charge in [-0.25, -0.2) is 0 Å². The van der Waals surface area contributed by atoms with Gasteiger partial charge in [0, 0.05) is 25.4 Å². The highest BCUT2D eigenvalue weighted by Crippen LogP contribution is 2.30. The molecule has 1 aliphatic heterocycles.